The first-order valence-corrected chi connectivity index (χ1v) is 12.7. The molecule has 2 unspecified atom stereocenters. The number of sulfonamides is 1. The zero-order valence-electron chi connectivity index (χ0n) is 18.6. The summed E-state index contributed by atoms with van der Waals surface area (Å²) in [5.41, 5.74) is 1.37. The number of piperidine rings is 1. The van der Waals surface area contributed by atoms with Gasteiger partial charge in [-0.25, -0.2) is 8.42 Å². The molecule has 2 saturated heterocycles. The molecule has 0 radical (unpaired) electrons. The van der Waals surface area contributed by atoms with Gasteiger partial charge in [-0.15, -0.1) is 0 Å². The lowest BCUT2D eigenvalue weighted by atomic mass is 10.0. The molecule has 9 heteroatoms. The number of amides is 2. The van der Waals surface area contributed by atoms with Gasteiger partial charge < -0.3 is 15.4 Å². The first-order valence-electron chi connectivity index (χ1n) is 11.3. The van der Waals surface area contributed by atoms with E-state index in [9.17, 15) is 18.0 Å². The van der Waals surface area contributed by atoms with Gasteiger partial charge in [-0.1, -0.05) is 13.0 Å². The fraction of sp³-hybridized carbons (Fsp3) is 0.417. The Kier molecular flexibility index (Phi) is 7.11. The molecule has 0 aliphatic carbocycles. The van der Waals surface area contributed by atoms with Crippen LogP contribution in [0.4, 0.5) is 11.4 Å². The van der Waals surface area contributed by atoms with Gasteiger partial charge in [0.25, 0.3) is 11.8 Å². The Balaban J connectivity index is 1.40. The lowest BCUT2D eigenvalue weighted by Crippen LogP contribution is -2.39. The summed E-state index contributed by atoms with van der Waals surface area (Å²) in [4.78, 5) is 25.2. The van der Waals surface area contributed by atoms with E-state index >= 15 is 0 Å². The summed E-state index contributed by atoms with van der Waals surface area (Å²) in [6.45, 7) is 3.70. The maximum Gasteiger partial charge on any atom is 0.255 e. The van der Waals surface area contributed by atoms with Crippen molar-refractivity contribution in [2.75, 3.05) is 30.3 Å². The number of benzene rings is 2. The molecular weight excluding hydrogens is 442 g/mol. The van der Waals surface area contributed by atoms with Crippen LogP contribution in [0.5, 0.6) is 0 Å². The Labute approximate surface area is 194 Å². The quantitative estimate of drug-likeness (QED) is 0.671. The molecular formula is C24H29N3O5S. The van der Waals surface area contributed by atoms with E-state index < -0.39 is 16.1 Å². The first kappa shape index (κ1) is 23.4. The molecule has 2 N–H and O–H groups in total. The van der Waals surface area contributed by atoms with Gasteiger partial charge in [-0.05, 0) is 74.1 Å². The highest BCUT2D eigenvalue weighted by Crippen LogP contribution is 2.25. The van der Waals surface area contributed by atoms with E-state index in [4.69, 9.17) is 4.74 Å². The summed E-state index contributed by atoms with van der Waals surface area (Å²) in [5.74, 6) is -0.230. The predicted molar refractivity (Wildman–Crippen MR) is 126 cm³/mol. The Morgan fingerprint density at radius 2 is 1.79 bits per heavy atom. The van der Waals surface area contributed by atoms with E-state index in [2.05, 4.69) is 17.6 Å². The van der Waals surface area contributed by atoms with Gasteiger partial charge in [0.15, 0.2) is 0 Å². The normalized spacial score (nSPS) is 21.5. The largest absolute Gasteiger partial charge is 0.368 e. The highest BCUT2D eigenvalue weighted by Gasteiger charge is 2.28. The van der Waals surface area contributed by atoms with Gasteiger partial charge in [0.2, 0.25) is 10.0 Å². The molecule has 2 amide bonds. The van der Waals surface area contributed by atoms with E-state index in [1.807, 2.05) is 0 Å². The van der Waals surface area contributed by atoms with E-state index in [1.165, 1.54) is 16.4 Å². The molecule has 0 aromatic heterocycles. The van der Waals surface area contributed by atoms with Crippen LogP contribution in [0.2, 0.25) is 0 Å². The van der Waals surface area contributed by atoms with Crippen LogP contribution in [-0.2, 0) is 19.6 Å². The lowest BCUT2D eigenvalue weighted by molar-refractivity contribution is -0.124. The van der Waals surface area contributed by atoms with Crippen molar-refractivity contribution in [3.05, 3.63) is 54.1 Å². The van der Waals surface area contributed by atoms with Crippen LogP contribution in [0.1, 0.15) is 43.0 Å². The molecule has 0 spiro atoms. The summed E-state index contributed by atoms with van der Waals surface area (Å²) in [6.07, 6.45) is 3.00. The van der Waals surface area contributed by atoms with E-state index in [1.54, 1.807) is 36.4 Å². The molecule has 33 heavy (non-hydrogen) atoms. The molecule has 2 aromatic rings. The average molecular weight is 472 g/mol. The predicted octanol–water partition coefficient (Wildman–Crippen LogP) is 3.48. The Morgan fingerprint density at radius 3 is 2.48 bits per heavy atom. The second kappa shape index (κ2) is 10.0. The third-order valence-electron chi connectivity index (χ3n) is 5.98. The van der Waals surface area contributed by atoms with Gasteiger partial charge >= 0.3 is 0 Å². The van der Waals surface area contributed by atoms with Crippen molar-refractivity contribution in [2.45, 2.75) is 43.6 Å². The molecule has 4 rings (SSSR count). The standard InChI is InChI=1S/C24H29N3O5S/c1-17-5-3-13-27(16-17)33(30,31)21-11-9-19(10-12-21)25-23(28)18-6-2-7-20(15-18)26-24(29)22-8-4-14-32-22/h2,6-7,9-12,15,17,22H,3-5,8,13-14,16H2,1H3,(H,25,28)(H,26,29). The number of hydrogen-bond donors (Lipinski definition) is 2. The minimum absolute atomic E-state index is 0.216. The van der Waals surface area contributed by atoms with E-state index in [-0.39, 0.29) is 16.7 Å². The number of nitrogens with zero attached hydrogens (tertiary/aromatic N) is 1. The highest BCUT2D eigenvalue weighted by molar-refractivity contribution is 7.89. The smallest absolute Gasteiger partial charge is 0.255 e. The zero-order valence-corrected chi connectivity index (χ0v) is 19.4. The minimum atomic E-state index is -3.55. The second-order valence-corrected chi connectivity index (χ2v) is 10.6. The molecule has 2 fully saturated rings. The monoisotopic (exact) mass is 471 g/mol. The maximum absolute atomic E-state index is 12.9. The fourth-order valence-electron chi connectivity index (χ4n) is 4.17. The number of ether oxygens (including phenoxy) is 1. The molecule has 0 bridgehead atoms. The number of hydrogen-bond acceptors (Lipinski definition) is 5. The number of rotatable bonds is 6. The summed E-state index contributed by atoms with van der Waals surface area (Å²) < 4.78 is 32.7. The fourth-order valence-corrected chi connectivity index (χ4v) is 5.77. The number of carbonyl (C=O) groups excluding carboxylic acids is 2. The van der Waals surface area contributed by atoms with Crippen molar-refractivity contribution in [1.29, 1.82) is 0 Å². The van der Waals surface area contributed by atoms with E-state index in [0.29, 0.717) is 49.0 Å². The summed E-state index contributed by atoms with van der Waals surface area (Å²) in [7, 11) is -3.55. The van der Waals surface area contributed by atoms with E-state index in [0.717, 1.165) is 19.3 Å². The van der Waals surface area contributed by atoms with Gasteiger partial charge in [-0.2, -0.15) is 4.31 Å². The van der Waals surface area contributed by atoms with Crippen LogP contribution in [0.3, 0.4) is 0 Å². The number of carbonyl (C=O) groups is 2. The van der Waals surface area contributed by atoms with Crippen molar-refractivity contribution >= 4 is 33.2 Å². The number of anilines is 2. The Bertz CT molecular complexity index is 1110. The van der Waals surface area contributed by atoms with Gasteiger partial charge in [0, 0.05) is 36.6 Å². The van der Waals surface area contributed by atoms with Crippen LogP contribution < -0.4 is 10.6 Å². The van der Waals surface area contributed by atoms with Crippen LogP contribution >= 0.6 is 0 Å². The summed E-state index contributed by atoms with van der Waals surface area (Å²) >= 11 is 0. The molecule has 0 saturated carbocycles. The Hall–Kier alpha value is -2.75. The zero-order chi connectivity index (χ0) is 23.4. The third kappa shape index (κ3) is 5.61. The Morgan fingerprint density at radius 1 is 1.00 bits per heavy atom. The van der Waals surface area contributed by atoms with Crippen molar-refractivity contribution in [1.82, 2.24) is 4.31 Å². The first-order chi connectivity index (χ1) is 15.8. The molecule has 2 aliphatic heterocycles. The topological polar surface area (TPSA) is 105 Å². The molecule has 8 nitrogen and oxygen atoms in total. The van der Waals surface area contributed by atoms with Crippen LogP contribution in [0.15, 0.2) is 53.4 Å². The second-order valence-electron chi connectivity index (χ2n) is 8.66. The molecule has 176 valence electrons. The van der Waals surface area contributed by atoms with Gasteiger partial charge in [0.1, 0.15) is 6.10 Å². The van der Waals surface area contributed by atoms with Crippen molar-refractivity contribution in [3.63, 3.8) is 0 Å². The summed E-state index contributed by atoms with van der Waals surface area (Å²) in [6, 6.07) is 12.8. The van der Waals surface area contributed by atoms with Crippen molar-refractivity contribution in [2.24, 2.45) is 5.92 Å². The number of nitrogens with one attached hydrogen (secondary N) is 2. The molecule has 2 heterocycles. The van der Waals surface area contributed by atoms with Gasteiger partial charge in [-0.3, -0.25) is 9.59 Å². The van der Waals surface area contributed by atoms with Crippen molar-refractivity contribution < 1.29 is 22.7 Å². The van der Waals surface area contributed by atoms with Gasteiger partial charge in [0.05, 0.1) is 4.90 Å². The molecule has 2 aromatic carbocycles. The lowest BCUT2D eigenvalue weighted by Gasteiger charge is -2.30. The average Bonchev–Trinajstić information content (AvgIpc) is 3.35. The minimum Gasteiger partial charge on any atom is -0.368 e. The van der Waals surface area contributed by atoms with Crippen LogP contribution in [0, 0.1) is 5.92 Å². The third-order valence-corrected chi connectivity index (χ3v) is 7.86. The summed E-state index contributed by atoms with van der Waals surface area (Å²) in [5, 5.41) is 5.56. The SMILES string of the molecule is CC1CCCN(S(=O)(=O)c2ccc(NC(=O)c3cccc(NC(=O)C4CCCO4)c3)cc2)C1. The van der Waals surface area contributed by atoms with Crippen LogP contribution in [-0.4, -0.2) is 50.3 Å². The maximum atomic E-state index is 12.9. The highest BCUT2D eigenvalue weighted by atomic mass is 32.2. The molecule has 2 atom stereocenters. The molecule has 2 aliphatic rings. The van der Waals surface area contributed by atoms with Crippen LogP contribution in [0.25, 0.3) is 0 Å². The van der Waals surface area contributed by atoms with Crippen molar-refractivity contribution in [3.8, 4) is 0 Å².